The van der Waals surface area contributed by atoms with Crippen molar-refractivity contribution in [1.29, 1.82) is 0 Å². The second kappa shape index (κ2) is 5.17. The number of aryl methyl sites for hydroxylation is 1. The van der Waals surface area contributed by atoms with Gasteiger partial charge in [-0.3, -0.25) is 14.6 Å². The Kier molecular flexibility index (Phi) is 3.34. The molecule has 0 spiro atoms. The van der Waals surface area contributed by atoms with Crippen molar-refractivity contribution in [3.63, 3.8) is 0 Å². The lowest BCUT2D eigenvalue weighted by Crippen LogP contribution is -2.03. The predicted octanol–water partition coefficient (Wildman–Crippen LogP) is 3.58. The molecule has 2 aromatic heterocycles. The molecule has 0 amide bonds. The van der Waals surface area contributed by atoms with Crippen LogP contribution in [0.5, 0.6) is 0 Å². The highest BCUT2D eigenvalue weighted by Gasteiger charge is 2.16. The highest BCUT2D eigenvalue weighted by Crippen LogP contribution is 2.24. The first kappa shape index (κ1) is 13.6. The minimum atomic E-state index is -0.573. The maximum Gasteiger partial charge on any atom is 0.200 e. The Bertz CT molecular complexity index is 855. The molecular formula is C14H10F2N4S. The van der Waals surface area contributed by atoms with E-state index in [0.717, 1.165) is 12.1 Å². The zero-order valence-electron chi connectivity index (χ0n) is 11.0. The topological polar surface area (TPSA) is 46.5 Å². The first-order valence-corrected chi connectivity index (χ1v) is 6.52. The number of benzene rings is 1. The molecule has 0 atom stereocenters. The van der Waals surface area contributed by atoms with Crippen LogP contribution >= 0.6 is 12.2 Å². The third kappa shape index (κ3) is 2.36. The third-order valence-electron chi connectivity index (χ3n) is 3.06. The van der Waals surface area contributed by atoms with Crippen LogP contribution in [-0.2, 0) is 0 Å². The normalized spacial score (nSPS) is 10.8. The van der Waals surface area contributed by atoms with Crippen molar-refractivity contribution in [2.75, 3.05) is 0 Å². The van der Waals surface area contributed by atoms with Gasteiger partial charge < -0.3 is 0 Å². The summed E-state index contributed by atoms with van der Waals surface area (Å²) in [4.78, 5) is 3.99. The van der Waals surface area contributed by atoms with E-state index in [2.05, 4.69) is 15.2 Å². The molecule has 7 heteroatoms. The van der Waals surface area contributed by atoms with Gasteiger partial charge in [0.05, 0.1) is 5.69 Å². The Labute approximate surface area is 124 Å². The van der Waals surface area contributed by atoms with Crippen LogP contribution in [-0.4, -0.2) is 19.7 Å². The van der Waals surface area contributed by atoms with Gasteiger partial charge in [-0.05, 0) is 42.9 Å². The summed E-state index contributed by atoms with van der Waals surface area (Å²) in [6.45, 7) is 1.50. The van der Waals surface area contributed by atoms with Crippen LogP contribution in [0.3, 0.4) is 0 Å². The lowest BCUT2D eigenvalue weighted by Gasteiger charge is -2.09. The predicted molar refractivity (Wildman–Crippen MR) is 76.6 cm³/mol. The Morgan fingerprint density at radius 1 is 1.24 bits per heavy atom. The molecule has 0 aliphatic heterocycles. The van der Waals surface area contributed by atoms with Crippen LogP contribution in [0, 0.1) is 23.3 Å². The Hall–Kier alpha value is -2.41. The van der Waals surface area contributed by atoms with Crippen LogP contribution < -0.4 is 0 Å². The zero-order chi connectivity index (χ0) is 15.0. The molecule has 0 saturated heterocycles. The van der Waals surface area contributed by atoms with Gasteiger partial charge in [0, 0.05) is 24.0 Å². The van der Waals surface area contributed by atoms with Crippen LogP contribution in [0.25, 0.3) is 17.1 Å². The van der Waals surface area contributed by atoms with Crippen molar-refractivity contribution in [3.05, 3.63) is 58.6 Å². The number of pyridine rings is 1. The summed E-state index contributed by atoms with van der Waals surface area (Å²) in [6.07, 6.45) is 3.19. The molecule has 21 heavy (non-hydrogen) atoms. The molecule has 4 nitrogen and oxygen atoms in total. The fraction of sp³-hybridized carbons (Fsp3) is 0.0714. The summed E-state index contributed by atoms with van der Waals surface area (Å²) >= 11 is 5.13. The van der Waals surface area contributed by atoms with Crippen molar-refractivity contribution >= 4 is 12.2 Å². The lowest BCUT2D eigenvalue weighted by atomic mass is 10.2. The summed E-state index contributed by atoms with van der Waals surface area (Å²) in [7, 11) is 0. The highest BCUT2D eigenvalue weighted by atomic mass is 32.1. The lowest BCUT2D eigenvalue weighted by molar-refractivity contribution is 0.585. The van der Waals surface area contributed by atoms with Crippen LogP contribution in [0.4, 0.5) is 8.78 Å². The monoisotopic (exact) mass is 304 g/mol. The van der Waals surface area contributed by atoms with Crippen molar-refractivity contribution < 1.29 is 8.78 Å². The maximum absolute atomic E-state index is 14.2. The van der Waals surface area contributed by atoms with Gasteiger partial charge in [0.25, 0.3) is 0 Å². The van der Waals surface area contributed by atoms with E-state index in [4.69, 9.17) is 12.2 Å². The van der Waals surface area contributed by atoms with Gasteiger partial charge in [-0.15, -0.1) is 0 Å². The number of nitrogens with one attached hydrogen (secondary N) is 1. The molecule has 0 saturated carbocycles. The van der Waals surface area contributed by atoms with E-state index in [-0.39, 0.29) is 16.0 Å². The van der Waals surface area contributed by atoms with Gasteiger partial charge in [0.2, 0.25) is 0 Å². The highest BCUT2D eigenvalue weighted by molar-refractivity contribution is 7.71. The van der Waals surface area contributed by atoms with Crippen molar-refractivity contribution in [3.8, 4) is 17.1 Å². The quantitative estimate of drug-likeness (QED) is 0.736. The maximum atomic E-state index is 14.2. The van der Waals surface area contributed by atoms with Gasteiger partial charge in [0.1, 0.15) is 11.6 Å². The molecule has 2 heterocycles. The number of aromatic amines is 1. The smallest absolute Gasteiger partial charge is 0.200 e. The molecular weight excluding hydrogens is 294 g/mol. The van der Waals surface area contributed by atoms with Crippen LogP contribution in [0.15, 0.2) is 36.7 Å². The van der Waals surface area contributed by atoms with Gasteiger partial charge in [0.15, 0.2) is 10.6 Å². The second-order valence-electron chi connectivity index (χ2n) is 4.48. The molecule has 0 unspecified atom stereocenters. The first-order valence-electron chi connectivity index (χ1n) is 6.12. The van der Waals surface area contributed by atoms with Crippen molar-refractivity contribution in [1.82, 2.24) is 19.7 Å². The van der Waals surface area contributed by atoms with Crippen molar-refractivity contribution in [2.45, 2.75) is 6.92 Å². The Morgan fingerprint density at radius 2 is 2.05 bits per heavy atom. The first-order chi connectivity index (χ1) is 10.1. The third-order valence-corrected chi connectivity index (χ3v) is 3.33. The van der Waals surface area contributed by atoms with Gasteiger partial charge in [-0.25, -0.2) is 8.78 Å². The van der Waals surface area contributed by atoms with Crippen LogP contribution in [0.1, 0.15) is 5.56 Å². The second-order valence-corrected chi connectivity index (χ2v) is 4.87. The molecule has 3 aromatic rings. The number of nitrogens with zero attached hydrogens (tertiary/aromatic N) is 3. The van der Waals surface area contributed by atoms with E-state index in [9.17, 15) is 8.78 Å². The van der Waals surface area contributed by atoms with E-state index in [0.29, 0.717) is 11.4 Å². The largest absolute Gasteiger partial charge is 0.265 e. The molecule has 0 bridgehead atoms. The standard InChI is InChI=1S/C14H10F2N4S/c1-8-5-11(16)12(6-10(8)15)20-13(18-19-14(20)21)9-3-2-4-17-7-9/h2-7H,1H3,(H,19,21). The molecule has 0 aliphatic carbocycles. The van der Waals surface area contributed by atoms with E-state index in [1.165, 1.54) is 11.5 Å². The van der Waals surface area contributed by atoms with E-state index in [1.54, 1.807) is 24.5 Å². The summed E-state index contributed by atoms with van der Waals surface area (Å²) in [6, 6.07) is 5.72. The summed E-state index contributed by atoms with van der Waals surface area (Å²) in [5, 5.41) is 6.67. The number of rotatable bonds is 2. The van der Waals surface area contributed by atoms with Gasteiger partial charge in [-0.2, -0.15) is 5.10 Å². The number of aromatic nitrogens is 4. The SMILES string of the molecule is Cc1cc(F)c(-n2c(-c3cccnc3)n[nH]c2=S)cc1F. The fourth-order valence-corrected chi connectivity index (χ4v) is 2.25. The minimum absolute atomic E-state index is 0.00991. The number of hydrogen-bond donors (Lipinski definition) is 1. The number of halogens is 2. The molecule has 106 valence electrons. The van der Waals surface area contributed by atoms with E-state index >= 15 is 0 Å². The zero-order valence-corrected chi connectivity index (χ0v) is 11.8. The molecule has 0 fully saturated rings. The minimum Gasteiger partial charge on any atom is -0.265 e. The molecule has 1 aromatic carbocycles. The average molecular weight is 304 g/mol. The van der Waals surface area contributed by atoms with E-state index in [1.807, 2.05) is 0 Å². The number of H-pyrrole nitrogens is 1. The fourth-order valence-electron chi connectivity index (χ4n) is 2.02. The summed E-state index contributed by atoms with van der Waals surface area (Å²) in [5.74, 6) is -0.710. The van der Waals surface area contributed by atoms with Crippen molar-refractivity contribution in [2.24, 2.45) is 0 Å². The molecule has 0 aliphatic rings. The summed E-state index contributed by atoms with van der Waals surface area (Å²) in [5.41, 5.74) is 0.884. The summed E-state index contributed by atoms with van der Waals surface area (Å²) < 4.78 is 29.5. The molecule has 1 N–H and O–H groups in total. The van der Waals surface area contributed by atoms with Crippen LogP contribution in [0.2, 0.25) is 0 Å². The van der Waals surface area contributed by atoms with Gasteiger partial charge >= 0.3 is 0 Å². The van der Waals surface area contributed by atoms with Gasteiger partial charge in [-0.1, -0.05) is 0 Å². The Balaban J connectivity index is 2.27. The molecule has 3 rings (SSSR count). The Morgan fingerprint density at radius 3 is 2.76 bits per heavy atom. The number of hydrogen-bond acceptors (Lipinski definition) is 3. The van der Waals surface area contributed by atoms with E-state index < -0.39 is 11.6 Å². The average Bonchev–Trinajstić information content (AvgIpc) is 2.85. The molecule has 0 radical (unpaired) electrons.